The second kappa shape index (κ2) is 5.25. The van der Waals surface area contributed by atoms with Gasteiger partial charge in [0.1, 0.15) is 11.5 Å². The van der Waals surface area contributed by atoms with Crippen molar-refractivity contribution < 1.29 is 14.6 Å². The van der Waals surface area contributed by atoms with Crippen molar-refractivity contribution in [3.63, 3.8) is 0 Å². The SMILES string of the molecule is COc1cc(C(N)CO)c(OC)c2ccccc12. The van der Waals surface area contributed by atoms with E-state index < -0.39 is 6.04 Å². The summed E-state index contributed by atoms with van der Waals surface area (Å²) in [4.78, 5) is 0. The molecule has 2 aromatic rings. The van der Waals surface area contributed by atoms with Gasteiger partial charge in [0.2, 0.25) is 0 Å². The Morgan fingerprint density at radius 1 is 1.17 bits per heavy atom. The van der Waals surface area contributed by atoms with Crippen molar-refractivity contribution in [3.8, 4) is 11.5 Å². The van der Waals surface area contributed by atoms with Gasteiger partial charge in [-0.15, -0.1) is 0 Å². The standard InChI is InChI=1S/C14H17NO3/c1-17-13-7-11(12(15)8-16)14(18-2)10-6-4-3-5-9(10)13/h3-7,12,16H,8,15H2,1-2H3. The molecule has 4 nitrogen and oxygen atoms in total. The molecule has 96 valence electrons. The molecule has 0 aliphatic heterocycles. The van der Waals surface area contributed by atoms with Crippen LogP contribution >= 0.6 is 0 Å². The highest BCUT2D eigenvalue weighted by Gasteiger charge is 2.17. The normalized spacial score (nSPS) is 12.4. The van der Waals surface area contributed by atoms with Crippen LogP contribution in [0.5, 0.6) is 11.5 Å². The number of ether oxygens (including phenoxy) is 2. The first-order valence-electron chi connectivity index (χ1n) is 5.73. The molecule has 0 heterocycles. The molecule has 0 aromatic heterocycles. The summed E-state index contributed by atoms with van der Waals surface area (Å²) in [6.07, 6.45) is 0. The number of hydrogen-bond acceptors (Lipinski definition) is 4. The van der Waals surface area contributed by atoms with Gasteiger partial charge < -0.3 is 20.3 Å². The average molecular weight is 247 g/mol. The van der Waals surface area contributed by atoms with E-state index in [4.69, 9.17) is 15.2 Å². The highest BCUT2D eigenvalue weighted by Crippen LogP contribution is 2.38. The maximum absolute atomic E-state index is 9.22. The van der Waals surface area contributed by atoms with Gasteiger partial charge in [0, 0.05) is 16.3 Å². The van der Waals surface area contributed by atoms with Crippen molar-refractivity contribution in [2.45, 2.75) is 6.04 Å². The fourth-order valence-electron chi connectivity index (χ4n) is 2.11. The molecule has 1 unspecified atom stereocenters. The molecule has 1 atom stereocenters. The summed E-state index contributed by atoms with van der Waals surface area (Å²) in [5, 5.41) is 11.1. The third-order valence-electron chi connectivity index (χ3n) is 3.01. The molecular formula is C14H17NO3. The van der Waals surface area contributed by atoms with Crippen molar-refractivity contribution >= 4 is 10.8 Å². The van der Waals surface area contributed by atoms with Gasteiger partial charge in [-0.05, 0) is 6.07 Å². The highest BCUT2D eigenvalue weighted by molar-refractivity contribution is 5.94. The van der Waals surface area contributed by atoms with Crippen LogP contribution in [0, 0.1) is 0 Å². The molecule has 0 saturated heterocycles. The zero-order chi connectivity index (χ0) is 13.1. The van der Waals surface area contributed by atoms with Gasteiger partial charge >= 0.3 is 0 Å². The van der Waals surface area contributed by atoms with Gasteiger partial charge in [-0.2, -0.15) is 0 Å². The Morgan fingerprint density at radius 3 is 2.39 bits per heavy atom. The second-order valence-electron chi connectivity index (χ2n) is 4.04. The molecule has 18 heavy (non-hydrogen) atoms. The van der Waals surface area contributed by atoms with Gasteiger partial charge in [-0.25, -0.2) is 0 Å². The Balaban J connectivity index is 2.78. The number of aliphatic hydroxyl groups is 1. The number of benzene rings is 2. The van der Waals surface area contributed by atoms with Gasteiger partial charge in [0.25, 0.3) is 0 Å². The molecule has 2 aromatic carbocycles. The van der Waals surface area contributed by atoms with Crippen LogP contribution in [-0.4, -0.2) is 25.9 Å². The van der Waals surface area contributed by atoms with E-state index in [1.165, 1.54) is 0 Å². The van der Waals surface area contributed by atoms with Crippen molar-refractivity contribution in [3.05, 3.63) is 35.9 Å². The van der Waals surface area contributed by atoms with Crippen molar-refractivity contribution in [1.29, 1.82) is 0 Å². The molecule has 3 N–H and O–H groups in total. The van der Waals surface area contributed by atoms with Crippen LogP contribution in [0.4, 0.5) is 0 Å². The summed E-state index contributed by atoms with van der Waals surface area (Å²) >= 11 is 0. The summed E-state index contributed by atoms with van der Waals surface area (Å²) in [6, 6.07) is 9.12. The number of aliphatic hydroxyl groups excluding tert-OH is 1. The van der Waals surface area contributed by atoms with Gasteiger partial charge in [0.15, 0.2) is 0 Å². The molecule has 0 amide bonds. The number of methoxy groups -OCH3 is 2. The summed E-state index contributed by atoms with van der Waals surface area (Å²) in [7, 11) is 3.21. The van der Waals surface area contributed by atoms with E-state index in [-0.39, 0.29) is 6.61 Å². The Hall–Kier alpha value is -1.78. The maximum Gasteiger partial charge on any atom is 0.131 e. The van der Waals surface area contributed by atoms with Gasteiger partial charge in [-0.1, -0.05) is 24.3 Å². The van der Waals surface area contributed by atoms with Gasteiger partial charge in [0.05, 0.1) is 26.9 Å². The number of fused-ring (bicyclic) bond motifs is 1. The lowest BCUT2D eigenvalue weighted by atomic mass is 10.00. The lowest BCUT2D eigenvalue weighted by molar-refractivity contribution is 0.264. The molecule has 0 spiro atoms. The molecule has 0 saturated carbocycles. The van der Waals surface area contributed by atoms with E-state index in [9.17, 15) is 5.11 Å². The first-order chi connectivity index (χ1) is 8.72. The van der Waals surface area contributed by atoms with E-state index in [2.05, 4.69) is 0 Å². The van der Waals surface area contributed by atoms with Crippen LogP contribution in [0.1, 0.15) is 11.6 Å². The lowest BCUT2D eigenvalue weighted by Crippen LogP contribution is -2.15. The largest absolute Gasteiger partial charge is 0.496 e. The van der Waals surface area contributed by atoms with Crippen LogP contribution in [0.2, 0.25) is 0 Å². The highest BCUT2D eigenvalue weighted by atomic mass is 16.5. The molecular weight excluding hydrogens is 230 g/mol. The zero-order valence-corrected chi connectivity index (χ0v) is 10.5. The van der Waals surface area contributed by atoms with Crippen molar-refractivity contribution in [2.24, 2.45) is 5.73 Å². The average Bonchev–Trinajstić information content (AvgIpc) is 2.44. The fraction of sp³-hybridized carbons (Fsp3) is 0.286. The summed E-state index contributed by atoms with van der Waals surface area (Å²) in [5.74, 6) is 1.42. The molecule has 2 rings (SSSR count). The van der Waals surface area contributed by atoms with E-state index >= 15 is 0 Å². The van der Waals surface area contributed by atoms with Crippen LogP contribution in [-0.2, 0) is 0 Å². The molecule has 0 radical (unpaired) electrons. The van der Waals surface area contributed by atoms with E-state index in [1.807, 2.05) is 30.3 Å². The first kappa shape index (κ1) is 12.7. The minimum absolute atomic E-state index is 0.141. The molecule has 0 fully saturated rings. The number of nitrogens with two attached hydrogens (primary N) is 1. The van der Waals surface area contributed by atoms with Crippen LogP contribution in [0.25, 0.3) is 10.8 Å². The lowest BCUT2D eigenvalue weighted by Gasteiger charge is -2.18. The van der Waals surface area contributed by atoms with Crippen LogP contribution in [0.15, 0.2) is 30.3 Å². The quantitative estimate of drug-likeness (QED) is 0.865. The Bertz CT molecular complexity index is 554. The summed E-state index contributed by atoms with van der Waals surface area (Å²) in [6.45, 7) is -0.141. The predicted molar refractivity (Wildman–Crippen MR) is 71.1 cm³/mol. The molecule has 0 bridgehead atoms. The Morgan fingerprint density at radius 2 is 1.83 bits per heavy atom. The van der Waals surface area contributed by atoms with E-state index in [0.717, 1.165) is 22.1 Å². The van der Waals surface area contributed by atoms with E-state index in [0.29, 0.717) is 5.75 Å². The molecule has 4 heteroatoms. The van der Waals surface area contributed by atoms with Crippen molar-refractivity contribution in [2.75, 3.05) is 20.8 Å². The monoisotopic (exact) mass is 247 g/mol. The second-order valence-corrected chi connectivity index (χ2v) is 4.04. The Kier molecular flexibility index (Phi) is 3.69. The van der Waals surface area contributed by atoms with Crippen molar-refractivity contribution in [1.82, 2.24) is 0 Å². The molecule has 0 aliphatic carbocycles. The third-order valence-corrected chi connectivity index (χ3v) is 3.01. The molecule has 0 aliphatic rings. The minimum Gasteiger partial charge on any atom is -0.496 e. The summed E-state index contributed by atoms with van der Waals surface area (Å²) in [5.41, 5.74) is 6.65. The van der Waals surface area contributed by atoms with E-state index in [1.54, 1.807) is 14.2 Å². The Labute approximate surface area is 106 Å². The first-order valence-corrected chi connectivity index (χ1v) is 5.73. The smallest absolute Gasteiger partial charge is 0.131 e. The third kappa shape index (κ3) is 2.00. The maximum atomic E-state index is 9.22. The predicted octanol–water partition coefficient (Wildman–Crippen LogP) is 1.85. The fourth-order valence-corrected chi connectivity index (χ4v) is 2.11. The van der Waals surface area contributed by atoms with Crippen LogP contribution < -0.4 is 15.2 Å². The van der Waals surface area contributed by atoms with Gasteiger partial charge in [-0.3, -0.25) is 0 Å². The van der Waals surface area contributed by atoms with Crippen LogP contribution in [0.3, 0.4) is 0 Å². The topological polar surface area (TPSA) is 64.7 Å². The minimum atomic E-state index is -0.488. The zero-order valence-electron chi connectivity index (χ0n) is 10.5. The summed E-state index contributed by atoms with van der Waals surface area (Å²) < 4.78 is 10.8. The number of hydrogen-bond donors (Lipinski definition) is 2. The number of rotatable bonds is 4.